The van der Waals surface area contributed by atoms with Gasteiger partial charge in [0, 0.05) is 0 Å². The minimum Gasteiger partial charge on any atom is -0.341 e. The molecule has 0 amide bonds. The lowest BCUT2D eigenvalue weighted by molar-refractivity contribution is -0.215. The van der Waals surface area contributed by atoms with Crippen LogP contribution in [0, 0.1) is 5.41 Å². The van der Waals surface area contributed by atoms with Gasteiger partial charge < -0.3 is 10.7 Å². The second kappa shape index (κ2) is 4.52. The Hall–Kier alpha value is -1.56. The Morgan fingerprint density at radius 3 is 2.47 bits per heavy atom. The third kappa shape index (κ3) is 2.73. The molecule has 1 atom stereocenters. The quantitative estimate of drug-likeness (QED) is 0.897. The zero-order valence-electron chi connectivity index (χ0n) is 10.8. The van der Waals surface area contributed by atoms with E-state index in [0.29, 0.717) is 11.3 Å². The molecule has 0 unspecified atom stereocenters. The van der Waals surface area contributed by atoms with Crippen LogP contribution in [0.2, 0.25) is 0 Å². The van der Waals surface area contributed by atoms with Crippen molar-refractivity contribution in [3.63, 3.8) is 0 Å². The standard InChI is InChI=1S/C13H16F3N3/c1-12(2,13(14,15)16)7-8(17)11-18-9-5-3-4-6-10(9)19-11/h3-6,8H,7,17H2,1-2H3,(H,18,19)/t8-/m0/s1. The van der Waals surface area contributed by atoms with Gasteiger partial charge in [-0.1, -0.05) is 26.0 Å². The first-order chi connectivity index (χ1) is 8.71. The third-order valence-electron chi connectivity index (χ3n) is 3.26. The number of aromatic amines is 1. The normalized spacial score (nSPS) is 14.8. The molecule has 0 saturated carbocycles. The summed E-state index contributed by atoms with van der Waals surface area (Å²) >= 11 is 0. The van der Waals surface area contributed by atoms with Crippen LogP contribution in [-0.2, 0) is 0 Å². The highest BCUT2D eigenvalue weighted by atomic mass is 19.4. The minimum absolute atomic E-state index is 0.212. The number of H-pyrrole nitrogens is 1. The summed E-state index contributed by atoms with van der Waals surface area (Å²) in [5, 5.41) is 0. The molecule has 0 spiro atoms. The molecule has 1 aromatic heterocycles. The maximum absolute atomic E-state index is 12.8. The fourth-order valence-corrected chi connectivity index (χ4v) is 1.91. The van der Waals surface area contributed by atoms with E-state index in [-0.39, 0.29) is 6.42 Å². The summed E-state index contributed by atoms with van der Waals surface area (Å²) in [5.41, 5.74) is 5.49. The molecule has 0 aliphatic carbocycles. The number of hydrogen-bond donors (Lipinski definition) is 2. The van der Waals surface area contributed by atoms with Crippen molar-refractivity contribution in [3.05, 3.63) is 30.1 Å². The van der Waals surface area contributed by atoms with Crippen LogP contribution in [-0.4, -0.2) is 16.1 Å². The van der Waals surface area contributed by atoms with Gasteiger partial charge in [-0.3, -0.25) is 0 Å². The Kier molecular flexibility index (Phi) is 3.30. The van der Waals surface area contributed by atoms with E-state index in [9.17, 15) is 13.2 Å². The minimum atomic E-state index is -4.28. The van der Waals surface area contributed by atoms with E-state index in [2.05, 4.69) is 9.97 Å². The van der Waals surface area contributed by atoms with Crippen molar-refractivity contribution < 1.29 is 13.2 Å². The van der Waals surface area contributed by atoms with E-state index >= 15 is 0 Å². The number of rotatable bonds is 3. The van der Waals surface area contributed by atoms with Crippen molar-refractivity contribution in [2.24, 2.45) is 11.1 Å². The third-order valence-corrected chi connectivity index (χ3v) is 3.26. The summed E-state index contributed by atoms with van der Waals surface area (Å²) < 4.78 is 38.5. The Morgan fingerprint density at radius 2 is 1.89 bits per heavy atom. The number of nitrogens with zero attached hydrogens (tertiary/aromatic N) is 1. The van der Waals surface area contributed by atoms with Crippen molar-refractivity contribution in [1.82, 2.24) is 9.97 Å². The van der Waals surface area contributed by atoms with Crippen LogP contribution >= 0.6 is 0 Å². The Bertz CT molecular complexity index is 539. The van der Waals surface area contributed by atoms with Crippen molar-refractivity contribution >= 4 is 11.0 Å². The van der Waals surface area contributed by atoms with Crippen molar-refractivity contribution in [3.8, 4) is 0 Å². The molecular formula is C13H16F3N3. The maximum atomic E-state index is 12.8. The van der Waals surface area contributed by atoms with Crippen LogP contribution in [0.1, 0.15) is 32.1 Å². The first-order valence-corrected chi connectivity index (χ1v) is 5.98. The number of nitrogens with one attached hydrogen (secondary N) is 1. The molecule has 0 aliphatic rings. The van der Waals surface area contributed by atoms with Gasteiger partial charge in [-0.2, -0.15) is 13.2 Å². The molecule has 0 aliphatic heterocycles. The molecule has 2 rings (SSSR count). The lowest BCUT2D eigenvalue weighted by Crippen LogP contribution is -2.35. The van der Waals surface area contributed by atoms with E-state index in [4.69, 9.17) is 5.73 Å². The summed E-state index contributed by atoms with van der Waals surface area (Å²) in [6, 6.07) is 6.47. The van der Waals surface area contributed by atoms with E-state index in [1.165, 1.54) is 0 Å². The van der Waals surface area contributed by atoms with Gasteiger partial charge in [0.15, 0.2) is 0 Å². The van der Waals surface area contributed by atoms with Gasteiger partial charge in [-0.05, 0) is 18.6 Å². The van der Waals surface area contributed by atoms with E-state index in [1.807, 2.05) is 18.2 Å². The summed E-state index contributed by atoms with van der Waals surface area (Å²) in [4.78, 5) is 7.20. The average Bonchev–Trinajstić information content (AvgIpc) is 2.70. The molecule has 1 aromatic carbocycles. The summed E-state index contributed by atoms with van der Waals surface area (Å²) in [6.07, 6.45) is -4.49. The van der Waals surface area contributed by atoms with E-state index < -0.39 is 17.6 Å². The van der Waals surface area contributed by atoms with Gasteiger partial charge in [-0.25, -0.2) is 4.98 Å². The second-order valence-corrected chi connectivity index (χ2v) is 5.33. The highest BCUT2D eigenvalue weighted by Gasteiger charge is 2.48. The maximum Gasteiger partial charge on any atom is 0.394 e. The van der Waals surface area contributed by atoms with Crippen LogP contribution < -0.4 is 5.73 Å². The van der Waals surface area contributed by atoms with Crippen LogP contribution in [0.15, 0.2) is 24.3 Å². The van der Waals surface area contributed by atoms with E-state index in [0.717, 1.165) is 19.4 Å². The summed E-state index contributed by atoms with van der Waals surface area (Å²) in [7, 11) is 0. The number of hydrogen-bond acceptors (Lipinski definition) is 2. The number of fused-ring (bicyclic) bond motifs is 1. The van der Waals surface area contributed by atoms with Gasteiger partial charge in [0.2, 0.25) is 0 Å². The number of aromatic nitrogens is 2. The van der Waals surface area contributed by atoms with Crippen LogP contribution in [0.5, 0.6) is 0 Å². The van der Waals surface area contributed by atoms with Crippen LogP contribution in [0.4, 0.5) is 13.2 Å². The molecule has 0 fully saturated rings. The molecule has 3 N–H and O–H groups in total. The molecule has 3 nitrogen and oxygen atoms in total. The molecule has 1 heterocycles. The zero-order chi connectivity index (χ0) is 14.3. The Morgan fingerprint density at radius 1 is 1.26 bits per heavy atom. The molecule has 0 radical (unpaired) electrons. The van der Waals surface area contributed by atoms with E-state index in [1.54, 1.807) is 6.07 Å². The monoisotopic (exact) mass is 271 g/mol. The molecule has 0 saturated heterocycles. The van der Waals surface area contributed by atoms with Gasteiger partial charge in [0.05, 0.1) is 22.5 Å². The largest absolute Gasteiger partial charge is 0.394 e. The van der Waals surface area contributed by atoms with Crippen LogP contribution in [0.25, 0.3) is 11.0 Å². The lowest BCUT2D eigenvalue weighted by atomic mass is 9.85. The lowest BCUT2D eigenvalue weighted by Gasteiger charge is -2.29. The molecular weight excluding hydrogens is 255 g/mol. The predicted molar refractivity (Wildman–Crippen MR) is 67.5 cm³/mol. The number of halogens is 3. The fourth-order valence-electron chi connectivity index (χ4n) is 1.91. The van der Waals surface area contributed by atoms with Crippen molar-refractivity contribution in [2.75, 3.05) is 0 Å². The number of alkyl halides is 3. The van der Waals surface area contributed by atoms with Crippen LogP contribution in [0.3, 0.4) is 0 Å². The molecule has 2 aromatic rings. The first-order valence-electron chi connectivity index (χ1n) is 5.98. The highest BCUT2D eigenvalue weighted by molar-refractivity contribution is 5.74. The van der Waals surface area contributed by atoms with Crippen molar-refractivity contribution in [2.45, 2.75) is 32.5 Å². The second-order valence-electron chi connectivity index (χ2n) is 5.33. The number of para-hydroxylation sites is 2. The average molecular weight is 271 g/mol. The van der Waals surface area contributed by atoms with Gasteiger partial charge in [-0.15, -0.1) is 0 Å². The predicted octanol–water partition coefficient (Wildman–Crippen LogP) is 3.54. The SMILES string of the molecule is CC(C)(C[C@H](N)c1nc2ccccc2[nH]1)C(F)(F)F. The summed E-state index contributed by atoms with van der Waals surface area (Å²) in [5.74, 6) is 0.388. The summed E-state index contributed by atoms with van der Waals surface area (Å²) in [6.45, 7) is 2.30. The number of benzene rings is 1. The number of imidazole rings is 1. The fraction of sp³-hybridized carbons (Fsp3) is 0.462. The zero-order valence-corrected chi connectivity index (χ0v) is 10.8. The number of nitrogens with two attached hydrogens (primary N) is 1. The first kappa shape index (κ1) is 13.9. The molecule has 104 valence electrons. The van der Waals surface area contributed by atoms with Crippen molar-refractivity contribution in [1.29, 1.82) is 0 Å². The Labute approximate surface area is 109 Å². The molecule has 0 bridgehead atoms. The van der Waals surface area contributed by atoms with Gasteiger partial charge in [0.1, 0.15) is 5.82 Å². The smallest absolute Gasteiger partial charge is 0.341 e. The van der Waals surface area contributed by atoms with Gasteiger partial charge >= 0.3 is 6.18 Å². The Balaban J connectivity index is 2.22. The van der Waals surface area contributed by atoms with Gasteiger partial charge in [0.25, 0.3) is 0 Å². The highest BCUT2D eigenvalue weighted by Crippen LogP contribution is 2.42. The molecule has 19 heavy (non-hydrogen) atoms. The topological polar surface area (TPSA) is 54.7 Å². The molecule has 6 heteroatoms.